The quantitative estimate of drug-likeness (QED) is 0.342. The molecule has 194 valence electrons. The summed E-state index contributed by atoms with van der Waals surface area (Å²) < 4.78 is 15.4. The van der Waals surface area contributed by atoms with Gasteiger partial charge in [0.1, 0.15) is 11.9 Å². The number of carbonyl (C=O) groups is 1. The number of ether oxygens (including phenoxy) is 2. The van der Waals surface area contributed by atoms with Crippen molar-refractivity contribution in [2.24, 2.45) is 14.1 Å². The first-order valence-electron chi connectivity index (χ1n) is 12.2. The van der Waals surface area contributed by atoms with Crippen LogP contribution in [0.5, 0.6) is 5.75 Å². The molecular weight excluding hydrogens is 486 g/mol. The number of piperidine rings is 1. The Balaban J connectivity index is 0.00000304. The van der Waals surface area contributed by atoms with E-state index < -0.39 is 0 Å². The van der Waals surface area contributed by atoms with Crippen LogP contribution in [0.15, 0.2) is 40.2 Å². The molecule has 5 rings (SSSR count). The number of imidazole rings is 1. The maximum absolute atomic E-state index is 12.7. The van der Waals surface area contributed by atoms with Crippen LogP contribution in [0.3, 0.4) is 0 Å². The van der Waals surface area contributed by atoms with Gasteiger partial charge >= 0.3 is 11.7 Å². The van der Waals surface area contributed by atoms with E-state index in [9.17, 15) is 14.4 Å². The van der Waals surface area contributed by atoms with Crippen molar-refractivity contribution < 1.29 is 31.6 Å². The lowest BCUT2D eigenvalue weighted by Crippen LogP contribution is -3.18. The van der Waals surface area contributed by atoms with Gasteiger partial charge in [0.2, 0.25) is 0 Å². The van der Waals surface area contributed by atoms with Crippen LogP contribution in [0.25, 0.3) is 11.2 Å². The van der Waals surface area contributed by atoms with Crippen LogP contribution in [0, 0.1) is 0 Å². The monoisotopic (exact) mass is 517 g/mol. The first-order chi connectivity index (χ1) is 16.9. The minimum absolute atomic E-state index is 0. The zero-order chi connectivity index (χ0) is 24.7. The standard InChI is InChI=1S/C25H31N5O5.ClH/c1-27-22-21(23(31)28(2)25(27)33)29(15-26-22)11-4-12-30-17-7-8-18(30)14-20(13-17)35-24(32)16-5-9-19(34-3)10-6-16;/h5-6,9-10,15,17-18,20H,4,7-8,11-14H2,1-3H3;1H. The van der Waals surface area contributed by atoms with Gasteiger partial charge in [-0.25, -0.2) is 14.6 Å². The summed E-state index contributed by atoms with van der Waals surface area (Å²) in [6.45, 7) is 1.66. The van der Waals surface area contributed by atoms with Crippen molar-refractivity contribution in [2.75, 3.05) is 13.7 Å². The molecule has 2 atom stereocenters. The van der Waals surface area contributed by atoms with E-state index in [1.54, 1.807) is 49.7 Å². The molecule has 0 aliphatic carbocycles. The summed E-state index contributed by atoms with van der Waals surface area (Å²) in [5.74, 6) is 0.438. The molecule has 0 radical (unpaired) electrons. The van der Waals surface area contributed by atoms with Crippen LogP contribution in [0.4, 0.5) is 0 Å². The van der Waals surface area contributed by atoms with E-state index in [0.717, 1.165) is 43.2 Å². The van der Waals surface area contributed by atoms with Crippen molar-refractivity contribution in [1.29, 1.82) is 0 Å². The van der Waals surface area contributed by atoms with Gasteiger partial charge in [0, 0.05) is 52.7 Å². The molecule has 2 bridgehead atoms. The molecule has 0 saturated carbocycles. The number of nitrogens with one attached hydrogen (secondary N) is 1. The summed E-state index contributed by atoms with van der Waals surface area (Å²) in [5.41, 5.74) is 0.752. The highest BCUT2D eigenvalue weighted by atomic mass is 35.5. The Labute approximate surface area is 214 Å². The summed E-state index contributed by atoms with van der Waals surface area (Å²) in [5, 5.41) is 0. The summed E-state index contributed by atoms with van der Waals surface area (Å²) in [4.78, 5) is 43.3. The van der Waals surface area contributed by atoms with E-state index in [2.05, 4.69) is 4.98 Å². The Kier molecular flexibility index (Phi) is 7.56. The summed E-state index contributed by atoms with van der Waals surface area (Å²) in [7, 11) is 4.73. The predicted octanol–water partition coefficient (Wildman–Crippen LogP) is -2.73. The third-order valence-corrected chi connectivity index (χ3v) is 7.69. The number of carbonyl (C=O) groups excluding carboxylic acids is 1. The number of rotatable bonds is 7. The molecule has 0 spiro atoms. The van der Waals surface area contributed by atoms with Crippen molar-refractivity contribution in [2.45, 2.75) is 56.8 Å². The van der Waals surface area contributed by atoms with Crippen LogP contribution < -0.4 is 33.3 Å². The van der Waals surface area contributed by atoms with Crippen molar-refractivity contribution in [3.63, 3.8) is 0 Å². The number of benzene rings is 1. The topological polar surface area (TPSA) is 102 Å². The Morgan fingerprint density at radius 3 is 2.39 bits per heavy atom. The number of halogens is 1. The number of aromatic nitrogens is 4. The molecule has 2 aliphatic rings. The molecule has 4 heterocycles. The maximum atomic E-state index is 12.7. The highest BCUT2D eigenvalue weighted by Gasteiger charge is 2.45. The van der Waals surface area contributed by atoms with Crippen molar-refractivity contribution in [3.8, 4) is 5.75 Å². The number of aryl methyl sites for hydroxylation is 2. The molecule has 36 heavy (non-hydrogen) atoms. The van der Waals surface area contributed by atoms with Gasteiger partial charge in [-0.2, -0.15) is 0 Å². The van der Waals surface area contributed by atoms with Gasteiger partial charge in [-0.15, -0.1) is 0 Å². The number of quaternary nitrogens is 1. The van der Waals surface area contributed by atoms with Crippen LogP contribution in [-0.2, 0) is 25.4 Å². The van der Waals surface area contributed by atoms with E-state index in [0.29, 0.717) is 41.1 Å². The number of esters is 1. The molecule has 2 fully saturated rings. The minimum Gasteiger partial charge on any atom is -1.00 e. The van der Waals surface area contributed by atoms with Crippen LogP contribution in [0.1, 0.15) is 42.5 Å². The van der Waals surface area contributed by atoms with Gasteiger partial charge in [-0.1, -0.05) is 0 Å². The highest BCUT2D eigenvalue weighted by Crippen LogP contribution is 2.26. The summed E-state index contributed by atoms with van der Waals surface area (Å²) in [6, 6.07) is 7.98. The molecule has 11 heteroatoms. The second-order valence-electron chi connectivity index (χ2n) is 9.69. The number of nitrogens with zero attached hydrogens (tertiary/aromatic N) is 4. The van der Waals surface area contributed by atoms with Crippen LogP contribution in [-0.4, -0.2) is 56.5 Å². The van der Waals surface area contributed by atoms with Gasteiger partial charge < -0.3 is 31.3 Å². The molecule has 10 nitrogen and oxygen atoms in total. The Morgan fingerprint density at radius 2 is 1.75 bits per heavy atom. The third kappa shape index (κ3) is 4.67. The lowest BCUT2D eigenvalue weighted by atomic mass is 9.99. The number of hydrogen-bond donors (Lipinski definition) is 1. The molecule has 3 aromatic rings. The first-order valence-corrected chi connectivity index (χ1v) is 12.2. The first kappa shape index (κ1) is 26.0. The van der Waals surface area contributed by atoms with E-state index >= 15 is 0 Å². The second-order valence-corrected chi connectivity index (χ2v) is 9.69. The number of hydrogen-bond acceptors (Lipinski definition) is 6. The molecule has 1 aromatic carbocycles. The van der Waals surface area contributed by atoms with Crippen LogP contribution >= 0.6 is 0 Å². The number of methoxy groups -OCH3 is 1. The normalized spacial score (nSPS) is 22.9. The van der Waals surface area contributed by atoms with E-state index in [1.807, 2.05) is 4.57 Å². The third-order valence-electron chi connectivity index (χ3n) is 7.69. The fourth-order valence-electron chi connectivity index (χ4n) is 5.85. The van der Waals surface area contributed by atoms with E-state index in [-0.39, 0.29) is 35.7 Å². The van der Waals surface area contributed by atoms with E-state index in [1.165, 1.54) is 11.6 Å². The van der Waals surface area contributed by atoms with Crippen LogP contribution in [0.2, 0.25) is 0 Å². The molecular formula is C25H32ClN5O5. The predicted molar refractivity (Wildman–Crippen MR) is 129 cm³/mol. The molecule has 0 amide bonds. The smallest absolute Gasteiger partial charge is 0.338 e. The molecule has 2 aromatic heterocycles. The molecule has 2 aliphatic heterocycles. The minimum atomic E-state index is -0.371. The van der Waals surface area contributed by atoms with Crippen molar-refractivity contribution >= 4 is 17.1 Å². The van der Waals surface area contributed by atoms with Gasteiger partial charge in [-0.3, -0.25) is 13.9 Å². The van der Waals surface area contributed by atoms with Crippen molar-refractivity contribution in [3.05, 3.63) is 57.0 Å². The number of fused-ring (bicyclic) bond motifs is 3. The molecule has 1 N–H and O–H groups in total. The average Bonchev–Trinajstić information content (AvgIpc) is 3.39. The molecule has 2 unspecified atom stereocenters. The Morgan fingerprint density at radius 1 is 1.08 bits per heavy atom. The maximum Gasteiger partial charge on any atom is 0.338 e. The largest absolute Gasteiger partial charge is 1.00 e. The van der Waals surface area contributed by atoms with Gasteiger partial charge in [0.15, 0.2) is 11.2 Å². The van der Waals surface area contributed by atoms with Crippen molar-refractivity contribution in [1.82, 2.24) is 18.7 Å². The highest BCUT2D eigenvalue weighted by molar-refractivity contribution is 5.89. The molecule has 2 saturated heterocycles. The lowest BCUT2D eigenvalue weighted by molar-refractivity contribution is -0.942. The fourth-order valence-corrected chi connectivity index (χ4v) is 5.85. The SMILES string of the molecule is COc1ccc(C(=O)OC2CC3CCC(C2)[NH+]3CCCn2cnc3c2c(=O)n(C)c(=O)n3C)cc1.[Cl-]. The zero-order valence-corrected chi connectivity index (χ0v) is 21.5. The summed E-state index contributed by atoms with van der Waals surface area (Å²) >= 11 is 0. The Bertz CT molecular complexity index is 1350. The van der Waals surface area contributed by atoms with Gasteiger partial charge in [0.05, 0.1) is 37.6 Å². The average molecular weight is 518 g/mol. The Hall–Kier alpha value is -3.11. The van der Waals surface area contributed by atoms with Gasteiger partial charge in [-0.05, 0) is 24.3 Å². The van der Waals surface area contributed by atoms with E-state index in [4.69, 9.17) is 9.47 Å². The summed E-state index contributed by atoms with van der Waals surface area (Å²) in [6.07, 6.45) is 6.55. The van der Waals surface area contributed by atoms with Gasteiger partial charge in [0.25, 0.3) is 5.56 Å². The second kappa shape index (κ2) is 10.5. The fraction of sp³-hybridized carbons (Fsp3) is 0.520. The zero-order valence-electron chi connectivity index (χ0n) is 20.8. The lowest BCUT2D eigenvalue weighted by Gasteiger charge is -2.35.